The lowest BCUT2D eigenvalue weighted by molar-refractivity contribution is 0.102. The summed E-state index contributed by atoms with van der Waals surface area (Å²) < 4.78 is 6.25. The Balaban J connectivity index is 1.69. The Bertz CT molecular complexity index is 1070. The lowest BCUT2D eigenvalue weighted by Gasteiger charge is -1.99. The van der Waals surface area contributed by atoms with Crippen molar-refractivity contribution in [3.05, 3.63) is 47.7 Å². The monoisotopic (exact) mass is 338 g/mol. The Labute approximate surface area is 141 Å². The second-order valence-electron chi connectivity index (χ2n) is 5.40. The summed E-state index contributed by atoms with van der Waals surface area (Å²) in [6.07, 6.45) is 0. The van der Waals surface area contributed by atoms with Crippen LogP contribution in [0, 0.1) is 6.92 Å². The Morgan fingerprint density at radius 3 is 3.00 bits per heavy atom. The van der Waals surface area contributed by atoms with Crippen LogP contribution in [0.2, 0.25) is 0 Å². The minimum absolute atomic E-state index is 0.287. The number of nitrogens with zero attached hydrogens (tertiary/aromatic N) is 2. The van der Waals surface area contributed by atoms with E-state index in [2.05, 4.69) is 20.5 Å². The molecule has 0 radical (unpaired) electrons. The van der Waals surface area contributed by atoms with E-state index >= 15 is 0 Å². The molecule has 0 saturated carbocycles. The Hall–Kier alpha value is -2.93. The van der Waals surface area contributed by atoms with E-state index in [0.29, 0.717) is 16.6 Å². The number of amides is 1. The van der Waals surface area contributed by atoms with E-state index in [0.717, 1.165) is 26.7 Å². The first-order chi connectivity index (χ1) is 11.7. The zero-order chi connectivity index (χ0) is 16.7. The van der Waals surface area contributed by atoms with Crippen LogP contribution in [0.5, 0.6) is 5.75 Å². The molecule has 1 amide bonds. The number of para-hydroxylation sites is 1. The van der Waals surface area contributed by atoms with Gasteiger partial charge in [0.2, 0.25) is 0 Å². The molecule has 0 fully saturated rings. The van der Waals surface area contributed by atoms with E-state index in [1.165, 1.54) is 11.3 Å². The summed E-state index contributed by atoms with van der Waals surface area (Å²) in [6, 6.07) is 11.5. The predicted molar refractivity (Wildman–Crippen MR) is 95.0 cm³/mol. The molecule has 0 aliphatic rings. The van der Waals surface area contributed by atoms with Crippen LogP contribution in [0.4, 0.5) is 5.13 Å². The normalized spacial score (nSPS) is 11.1. The van der Waals surface area contributed by atoms with Gasteiger partial charge in [0.15, 0.2) is 10.8 Å². The van der Waals surface area contributed by atoms with E-state index < -0.39 is 0 Å². The highest BCUT2D eigenvalue weighted by atomic mass is 32.1. The number of rotatable bonds is 3. The summed E-state index contributed by atoms with van der Waals surface area (Å²) in [7, 11) is 1.60. The zero-order valence-corrected chi connectivity index (χ0v) is 13.9. The molecule has 2 heterocycles. The molecule has 0 atom stereocenters. The van der Waals surface area contributed by atoms with Crippen molar-refractivity contribution in [2.24, 2.45) is 0 Å². The van der Waals surface area contributed by atoms with E-state index in [1.807, 2.05) is 43.3 Å². The number of aromatic amines is 1. The number of fused-ring (bicyclic) bond motifs is 2. The van der Waals surface area contributed by atoms with Gasteiger partial charge in [-0.15, -0.1) is 0 Å². The van der Waals surface area contributed by atoms with Gasteiger partial charge in [0.05, 0.1) is 17.3 Å². The van der Waals surface area contributed by atoms with E-state index in [1.54, 1.807) is 7.11 Å². The first-order valence-corrected chi connectivity index (χ1v) is 8.17. The van der Waals surface area contributed by atoms with Crippen molar-refractivity contribution in [2.75, 3.05) is 12.4 Å². The molecule has 7 heteroatoms. The van der Waals surface area contributed by atoms with Crippen molar-refractivity contribution in [2.45, 2.75) is 6.92 Å². The first-order valence-electron chi connectivity index (χ1n) is 7.35. The highest BCUT2D eigenvalue weighted by molar-refractivity contribution is 7.22. The molecule has 2 aromatic carbocycles. The molecule has 0 bridgehead atoms. The van der Waals surface area contributed by atoms with E-state index in [-0.39, 0.29) is 5.91 Å². The molecule has 120 valence electrons. The largest absolute Gasteiger partial charge is 0.494 e. The fourth-order valence-corrected chi connectivity index (χ4v) is 3.48. The number of benzene rings is 2. The molecule has 4 aromatic rings. The van der Waals surface area contributed by atoms with Crippen LogP contribution in [-0.2, 0) is 0 Å². The molecule has 2 N–H and O–H groups in total. The SMILES string of the molecule is COc1cccc2sc(NC(=O)c3n[nH]c4ccc(C)cc34)nc12. The summed E-state index contributed by atoms with van der Waals surface area (Å²) >= 11 is 1.40. The summed E-state index contributed by atoms with van der Waals surface area (Å²) in [5.41, 5.74) is 3.00. The van der Waals surface area contributed by atoms with Crippen molar-refractivity contribution in [3.8, 4) is 5.75 Å². The number of H-pyrrole nitrogens is 1. The smallest absolute Gasteiger partial charge is 0.278 e. The number of anilines is 1. The number of methoxy groups -OCH3 is 1. The molecule has 2 aromatic heterocycles. The standard InChI is InChI=1S/C17H14N4O2S/c1-9-6-7-11-10(8-9)14(21-20-11)16(22)19-17-18-15-12(23-2)4-3-5-13(15)24-17/h3-8H,1-2H3,(H,20,21)(H,18,19,22). The van der Waals surface area contributed by atoms with Gasteiger partial charge < -0.3 is 4.74 Å². The molecule has 0 unspecified atom stereocenters. The fourth-order valence-electron chi connectivity index (χ4n) is 2.60. The third-order valence-corrected chi connectivity index (χ3v) is 4.69. The number of carbonyl (C=O) groups excluding carboxylic acids is 1. The van der Waals surface area contributed by atoms with Crippen molar-refractivity contribution in [1.82, 2.24) is 15.2 Å². The Kier molecular flexibility index (Phi) is 3.42. The van der Waals surface area contributed by atoms with Crippen LogP contribution in [0.3, 0.4) is 0 Å². The average molecular weight is 338 g/mol. The molecule has 0 spiro atoms. The average Bonchev–Trinajstić information content (AvgIpc) is 3.17. The molecular formula is C17H14N4O2S. The van der Waals surface area contributed by atoms with Crippen LogP contribution in [0.1, 0.15) is 16.1 Å². The van der Waals surface area contributed by atoms with Crippen LogP contribution in [0.15, 0.2) is 36.4 Å². The number of hydrogen-bond donors (Lipinski definition) is 2. The van der Waals surface area contributed by atoms with Gasteiger partial charge in [0, 0.05) is 5.39 Å². The summed E-state index contributed by atoms with van der Waals surface area (Å²) in [6.45, 7) is 1.98. The van der Waals surface area contributed by atoms with Gasteiger partial charge in [0.25, 0.3) is 5.91 Å². The maximum Gasteiger partial charge on any atom is 0.278 e. The second kappa shape index (κ2) is 5.61. The van der Waals surface area contributed by atoms with Gasteiger partial charge in [-0.2, -0.15) is 5.10 Å². The number of hydrogen-bond acceptors (Lipinski definition) is 5. The third-order valence-electron chi connectivity index (χ3n) is 3.76. The predicted octanol–water partition coefficient (Wildman–Crippen LogP) is 3.74. The molecule has 0 aliphatic heterocycles. The van der Waals surface area contributed by atoms with Gasteiger partial charge in [-0.3, -0.25) is 15.2 Å². The molecular weight excluding hydrogens is 324 g/mol. The minimum atomic E-state index is -0.287. The van der Waals surface area contributed by atoms with Crippen LogP contribution in [0.25, 0.3) is 21.1 Å². The zero-order valence-electron chi connectivity index (χ0n) is 13.1. The van der Waals surface area contributed by atoms with Crippen molar-refractivity contribution in [3.63, 3.8) is 0 Å². The Morgan fingerprint density at radius 1 is 1.29 bits per heavy atom. The fraction of sp³-hybridized carbons (Fsp3) is 0.118. The van der Waals surface area contributed by atoms with Crippen molar-refractivity contribution in [1.29, 1.82) is 0 Å². The van der Waals surface area contributed by atoms with Gasteiger partial charge in [0.1, 0.15) is 11.3 Å². The maximum absolute atomic E-state index is 12.6. The second-order valence-corrected chi connectivity index (χ2v) is 6.43. The molecule has 24 heavy (non-hydrogen) atoms. The quantitative estimate of drug-likeness (QED) is 0.596. The minimum Gasteiger partial charge on any atom is -0.494 e. The van der Waals surface area contributed by atoms with Gasteiger partial charge >= 0.3 is 0 Å². The third kappa shape index (κ3) is 2.39. The van der Waals surface area contributed by atoms with Crippen molar-refractivity contribution >= 4 is 43.5 Å². The highest BCUT2D eigenvalue weighted by Gasteiger charge is 2.17. The van der Waals surface area contributed by atoms with Crippen LogP contribution >= 0.6 is 11.3 Å². The van der Waals surface area contributed by atoms with Gasteiger partial charge in [-0.25, -0.2) is 4.98 Å². The maximum atomic E-state index is 12.6. The molecule has 0 aliphatic carbocycles. The summed E-state index contributed by atoms with van der Waals surface area (Å²) in [5, 5.41) is 11.2. The van der Waals surface area contributed by atoms with Gasteiger partial charge in [-0.1, -0.05) is 29.0 Å². The number of nitrogens with one attached hydrogen (secondary N) is 2. The van der Waals surface area contributed by atoms with Crippen LogP contribution in [-0.4, -0.2) is 28.2 Å². The van der Waals surface area contributed by atoms with E-state index in [9.17, 15) is 4.79 Å². The Morgan fingerprint density at radius 2 is 2.17 bits per heavy atom. The lowest BCUT2D eigenvalue weighted by Crippen LogP contribution is -2.12. The highest BCUT2D eigenvalue weighted by Crippen LogP contribution is 2.32. The molecule has 6 nitrogen and oxygen atoms in total. The van der Waals surface area contributed by atoms with E-state index in [4.69, 9.17) is 4.74 Å². The van der Waals surface area contributed by atoms with Crippen molar-refractivity contribution < 1.29 is 9.53 Å². The number of carbonyl (C=O) groups is 1. The number of thiazole rings is 1. The number of ether oxygens (including phenoxy) is 1. The molecule has 4 rings (SSSR count). The van der Waals surface area contributed by atoms with Gasteiger partial charge in [-0.05, 0) is 31.2 Å². The summed E-state index contributed by atoms with van der Waals surface area (Å²) in [5.74, 6) is 0.398. The topological polar surface area (TPSA) is 79.9 Å². The molecule has 0 saturated heterocycles. The number of aryl methyl sites for hydroxylation is 1. The summed E-state index contributed by atoms with van der Waals surface area (Å²) in [4.78, 5) is 17.0. The number of aromatic nitrogens is 3. The lowest BCUT2D eigenvalue weighted by atomic mass is 10.1. The van der Waals surface area contributed by atoms with Crippen LogP contribution < -0.4 is 10.1 Å². The first kappa shape index (κ1) is 14.6.